The minimum Gasteiger partial charge on any atom is -0.482 e. The summed E-state index contributed by atoms with van der Waals surface area (Å²) >= 11 is 3.27. The molecule has 4 nitrogen and oxygen atoms in total. The summed E-state index contributed by atoms with van der Waals surface area (Å²) in [5.41, 5.74) is 1.46. The van der Waals surface area contributed by atoms with Crippen molar-refractivity contribution in [1.82, 2.24) is 0 Å². The highest BCUT2D eigenvalue weighted by Crippen LogP contribution is 2.32. The van der Waals surface area contributed by atoms with Crippen LogP contribution in [-0.4, -0.2) is 21.1 Å². The van der Waals surface area contributed by atoms with E-state index in [1.807, 2.05) is 6.92 Å². The molecule has 2 aromatic rings. The van der Waals surface area contributed by atoms with Gasteiger partial charge in [0, 0.05) is 5.56 Å². The van der Waals surface area contributed by atoms with Gasteiger partial charge in [-0.1, -0.05) is 36.4 Å². The third kappa shape index (κ3) is 5.76. The minimum atomic E-state index is -3.93. The molecule has 0 aliphatic rings. The highest BCUT2D eigenvalue weighted by molar-refractivity contribution is 9.10. The normalized spacial score (nSPS) is 12.9. The van der Waals surface area contributed by atoms with Crippen molar-refractivity contribution >= 4 is 32.1 Å². The second-order valence-electron chi connectivity index (χ2n) is 5.75. The van der Waals surface area contributed by atoms with Crippen molar-refractivity contribution in [2.75, 3.05) is 6.61 Å². The summed E-state index contributed by atoms with van der Waals surface area (Å²) < 4.78 is 49.6. The molecule has 27 heavy (non-hydrogen) atoms. The van der Waals surface area contributed by atoms with E-state index < -0.39 is 22.0 Å². The highest BCUT2D eigenvalue weighted by Gasteiger charge is 2.20. The van der Waals surface area contributed by atoms with Gasteiger partial charge < -0.3 is 4.74 Å². The lowest BCUT2D eigenvalue weighted by atomic mass is 10.2. The summed E-state index contributed by atoms with van der Waals surface area (Å²) in [7, 11) is -3.93. The molecule has 0 N–H and O–H groups in total. The van der Waals surface area contributed by atoms with Gasteiger partial charge in [0.2, 0.25) is 0 Å². The molecule has 2 rings (SSSR count). The zero-order valence-corrected chi connectivity index (χ0v) is 17.4. The van der Waals surface area contributed by atoms with Gasteiger partial charge in [-0.3, -0.25) is 4.18 Å². The van der Waals surface area contributed by atoms with Crippen LogP contribution in [0.3, 0.4) is 0 Å². The van der Waals surface area contributed by atoms with Crippen molar-refractivity contribution in [3.05, 3.63) is 76.5 Å². The number of benzene rings is 2. The Morgan fingerprint density at radius 1 is 1.26 bits per heavy atom. The van der Waals surface area contributed by atoms with Gasteiger partial charge in [-0.25, -0.2) is 4.39 Å². The molecule has 1 atom stereocenters. The summed E-state index contributed by atoms with van der Waals surface area (Å²) in [6, 6.07) is 8.94. The smallest absolute Gasteiger partial charge is 0.297 e. The SMILES string of the molecule is C=C[C@@H](COS(=O)(=O)c1ccc(C)cc1)Oc1c(Br)cc(F)cc1C=CC. The Hall–Kier alpha value is -1.96. The van der Waals surface area contributed by atoms with Gasteiger partial charge in [-0.2, -0.15) is 8.42 Å². The molecule has 0 amide bonds. The van der Waals surface area contributed by atoms with Crippen molar-refractivity contribution in [2.45, 2.75) is 24.8 Å². The maximum absolute atomic E-state index is 13.6. The summed E-state index contributed by atoms with van der Waals surface area (Å²) in [6.07, 6.45) is 4.11. The van der Waals surface area contributed by atoms with Crippen LogP contribution in [0.15, 0.2) is 64.5 Å². The van der Waals surface area contributed by atoms with E-state index >= 15 is 0 Å². The van der Waals surface area contributed by atoms with Crippen molar-refractivity contribution in [1.29, 1.82) is 0 Å². The molecule has 0 spiro atoms. The monoisotopic (exact) mass is 454 g/mol. The van der Waals surface area contributed by atoms with E-state index in [1.54, 1.807) is 31.2 Å². The summed E-state index contributed by atoms with van der Waals surface area (Å²) in [5.74, 6) is -0.0496. The molecule has 0 fully saturated rings. The minimum absolute atomic E-state index is 0.0634. The fraction of sp³-hybridized carbons (Fsp3) is 0.200. The molecule has 0 aliphatic heterocycles. The van der Waals surface area contributed by atoms with Gasteiger partial charge in [0.15, 0.2) is 0 Å². The van der Waals surface area contributed by atoms with E-state index in [2.05, 4.69) is 22.5 Å². The van der Waals surface area contributed by atoms with Gasteiger partial charge in [-0.15, -0.1) is 0 Å². The Balaban J connectivity index is 2.17. The Morgan fingerprint density at radius 3 is 2.52 bits per heavy atom. The van der Waals surface area contributed by atoms with E-state index in [0.717, 1.165) is 5.56 Å². The van der Waals surface area contributed by atoms with Crippen LogP contribution in [0.2, 0.25) is 0 Å². The van der Waals surface area contributed by atoms with Crippen molar-refractivity contribution in [3.8, 4) is 5.75 Å². The number of aryl methyl sites for hydroxylation is 1. The molecule has 144 valence electrons. The molecule has 0 bridgehead atoms. The molecular formula is C20H20BrFO4S. The molecule has 2 aromatic carbocycles. The fourth-order valence-corrected chi connectivity index (χ4v) is 3.70. The zero-order chi connectivity index (χ0) is 20.0. The lowest BCUT2D eigenvalue weighted by Gasteiger charge is -2.18. The first-order valence-electron chi connectivity index (χ1n) is 8.14. The zero-order valence-electron chi connectivity index (χ0n) is 15.0. The van der Waals surface area contributed by atoms with Gasteiger partial charge in [-0.05, 0) is 60.1 Å². The first-order valence-corrected chi connectivity index (χ1v) is 10.3. The quantitative estimate of drug-likeness (QED) is 0.402. The number of hydrogen-bond donors (Lipinski definition) is 0. The van der Waals surface area contributed by atoms with E-state index in [1.165, 1.54) is 30.3 Å². The Morgan fingerprint density at radius 2 is 1.93 bits per heavy atom. The van der Waals surface area contributed by atoms with Crippen LogP contribution in [0.1, 0.15) is 18.1 Å². The van der Waals surface area contributed by atoms with Crippen molar-refractivity contribution < 1.29 is 21.7 Å². The summed E-state index contributed by atoms with van der Waals surface area (Å²) in [5, 5.41) is 0. The second-order valence-corrected chi connectivity index (χ2v) is 8.22. The Kier molecular flexibility index (Phi) is 7.35. The Labute approximate surface area is 167 Å². The number of rotatable bonds is 8. The van der Waals surface area contributed by atoms with Crippen LogP contribution < -0.4 is 4.74 Å². The third-order valence-electron chi connectivity index (χ3n) is 3.61. The third-order valence-corrected chi connectivity index (χ3v) is 5.50. The number of hydrogen-bond acceptors (Lipinski definition) is 4. The summed E-state index contributed by atoms with van der Waals surface area (Å²) in [6.45, 7) is 7.05. The second kappa shape index (κ2) is 9.30. The molecule has 0 aromatic heterocycles. The molecular weight excluding hydrogens is 435 g/mol. The number of halogens is 2. The summed E-state index contributed by atoms with van der Waals surface area (Å²) in [4.78, 5) is 0.0634. The van der Waals surface area contributed by atoms with Crippen LogP contribution in [0.25, 0.3) is 6.08 Å². The predicted octanol–water partition coefficient (Wildman–Crippen LogP) is 5.27. The van der Waals surface area contributed by atoms with Crippen molar-refractivity contribution in [3.63, 3.8) is 0 Å². The molecule has 0 unspecified atom stereocenters. The average Bonchev–Trinajstić information content (AvgIpc) is 2.61. The lowest BCUT2D eigenvalue weighted by Crippen LogP contribution is -2.23. The largest absolute Gasteiger partial charge is 0.482 e. The van der Waals surface area contributed by atoms with Gasteiger partial charge in [0.05, 0.1) is 9.37 Å². The maximum Gasteiger partial charge on any atom is 0.297 e. The first-order chi connectivity index (χ1) is 12.8. The van der Waals surface area contributed by atoms with Gasteiger partial charge >= 0.3 is 0 Å². The topological polar surface area (TPSA) is 52.6 Å². The Bertz CT molecular complexity index is 937. The molecule has 0 aliphatic carbocycles. The molecule has 0 saturated heterocycles. The van der Waals surface area contributed by atoms with Crippen molar-refractivity contribution in [2.24, 2.45) is 0 Å². The van der Waals surface area contributed by atoms with E-state index in [-0.39, 0.29) is 11.5 Å². The van der Waals surface area contributed by atoms with Crippen LogP contribution in [0, 0.1) is 12.7 Å². The van der Waals surface area contributed by atoms with Crippen LogP contribution in [0.5, 0.6) is 5.75 Å². The number of ether oxygens (including phenoxy) is 1. The first kappa shape index (κ1) is 21.3. The van der Waals surface area contributed by atoms with E-state index in [4.69, 9.17) is 8.92 Å². The highest BCUT2D eigenvalue weighted by atomic mass is 79.9. The maximum atomic E-state index is 13.6. The van der Waals surface area contributed by atoms with E-state index in [0.29, 0.717) is 15.8 Å². The lowest BCUT2D eigenvalue weighted by molar-refractivity contribution is 0.166. The van der Waals surface area contributed by atoms with Crippen LogP contribution in [0.4, 0.5) is 4.39 Å². The molecule has 7 heteroatoms. The predicted molar refractivity (Wildman–Crippen MR) is 108 cm³/mol. The molecule has 0 heterocycles. The van der Waals surface area contributed by atoms with Crippen LogP contribution in [-0.2, 0) is 14.3 Å². The van der Waals surface area contributed by atoms with Gasteiger partial charge in [0.1, 0.15) is 24.3 Å². The average molecular weight is 455 g/mol. The van der Waals surface area contributed by atoms with Crippen LogP contribution >= 0.6 is 15.9 Å². The van der Waals surface area contributed by atoms with Gasteiger partial charge in [0.25, 0.3) is 10.1 Å². The number of allylic oxidation sites excluding steroid dienone is 1. The molecule has 0 radical (unpaired) electrons. The fourth-order valence-electron chi connectivity index (χ4n) is 2.24. The molecule has 0 saturated carbocycles. The van der Waals surface area contributed by atoms with E-state index in [9.17, 15) is 12.8 Å². The standard InChI is InChI=1S/C20H20BrFO4S/c1-4-6-15-11-16(22)12-19(21)20(15)26-17(5-2)13-25-27(23,24)18-9-7-14(3)8-10-18/h4-12,17H,2,13H2,1,3H3/t17-/m0/s1.